The van der Waals surface area contributed by atoms with Crippen molar-refractivity contribution in [2.45, 2.75) is 45.6 Å². The largest absolute Gasteiger partial charge is 0.370 e. The summed E-state index contributed by atoms with van der Waals surface area (Å²) in [6, 6.07) is 0. The van der Waals surface area contributed by atoms with E-state index in [0.29, 0.717) is 11.3 Å². The van der Waals surface area contributed by atoms with Gasteiger partial charge in [-0.3, -0.25) is 0 Å². The lowest BCUT2D eigenvalue weighted by Crippen LogP contribution is -2.46. The molecule has 1 saturated carbocycles. The van der Waals surface area contributed by atoms with Gasteiger partial charge in [-0.1, -0.05) is 20.8 Å². The van der Waals surface area contributed by atoms with Crippen LogP contribution in [-0.4, -0.2) is 19.0 Å². The van der Waals surface area contributed by atoms with E-state index in [1.54, 1.807) is 7.11 Å². The molecule has 0 saturated heterocycles. The van der Waals surface area contributed by atoms with Crippen molar-refractivity contribution < 1.29 is 9.53 Å². The number of methoxy groups -OCH3 is 1. The molecule has 76 valence electrons. The highest BCUT2D eigenvalue weighted by Crippen LogP contribution is 2.44. The third-order valence-electron chi connectivity index (χ3n) is 3.46. The van der Waals surface area contributed by atoms with Crippen molar-refractivity contribution in [3.8, 4) is 0 Å². The number of ether oxygens (including phenoxy) is 1. The maximum Gasteiger partial charge on any atom is 0.152 e. The first-order valence-electron chi connectivity index (χ1n) is 4.97. The van der Waals surface area contributed by atoms with Gasteiger partial charge in [0.15, 0.2) is 6.29 Å². The van der Waals surface area contributed by atoms with Gasteiger partial charge in [-0.15, -0.1) is 0 Å². The second kappa shape index (κ2) is 3.41. The molecule has 1 fully saturated rings. The molecule has 2 heteroatoms. The van der Waals surface area contributed by atoms with E-state index in [2.05, 4.69) is 20.8 Å². The Morgan fingerprint density at radius 1 is 1.38 bits per heavy atom. The van der Waals surface area contributed by atoms with Crippen molar-refractivity contribution >= 4 is 6.29 Å². The lowest BCUT2D eigenvalue weighted by molar-refractivity contribution is -0.143. The smallest absolute Gasteiger partial charge is 0.152 e. The van der Waals surface area contributed by atoms with Crippen molar-refractivity contribution in [3.05, 3.63) is 0 Å². The number of aldehydes is 1. The molecule has 0 aromatic rings. The van der Waals surface area contributed by atoms with E-state index in [0.717, 1.165) is 25.5 Å². The van der Waals surface area contributed by atoms with Crippen molar-refractivity contribution in [3.63, 3.8) is 0 Å². The molecular weight excluding hydrogens is 164 g/mol. The zero-order valence-electron chi connectivity index (χ0n) is 9.09. The lowest BCUT2D eigenvalue weighted by Gasteiger charge is -2.44. The van der Waals surface area contributed by atoms with Gasteiger partial charge in [0, 0.05) is 7.11 Å². The fraction of sp³-hybridized carbons (Fsp3) is 0.909. The van der Waals surface area contributed by atoms with Crippen LogP contribution in [0.15, 0.2) is 0 Å². The summed E-state index contributed by atoms with van der Waals surface area (Å²) in [4.78, 5) is 11.0. The normalized spacial score (nSPS) is 38.6. The first kappa shape index (κ1) is 10.7. The first-order chi connectivity index (χ1) is 5.96. The maximum atomic E-state index is 11.0. The Hall–Kier alpha value is -0.370. The van der Waals surface area contributed by atoms with E-state index in [1.807, 2.05) is 0 Å². The summed E-state index contributed by atoms with van der Waals surface area (Å²) in [7, 11) is 1.64. The van der Waals surface area contributed by atoms with Crippen LogP contribution in [0.25, 0.3) is 0 Å². The van der Waals surface area contributed by atoms with Crippen LogP contribution in [0.4, 0.5) is 0 Å². The van der Waals surface area contributed by atoms with Gasteiger partial charge >= 0.3 is 0 Å². The van der Waals surface area contributed by atoms with Crippen LogP contribution in [0.5, 0.6) is 0 Å². The van der Waals surface area contributed by atoms with Gasteiger partial charge in [0.1, 0.15) is 5.60 Å². The van der Waals surface area contributed by atoms with Gasteiger partial charge in [-0.2, -0.15) is 0 Å². The first-order valence-corrected chi connectivity index (χ1v) is 4.97. The summed E-state index contributed by atoms with van der Waals surface area (Å²) in [5.74, 6) is 0.332. The molecule has 2 atom stereocenters. The van der Waals surface area contributed by atoms with Gasteiger partial charge < -0.3 is 9.53 Å². The van der Waals surface area contributed by atoms with Crippen molar-refractivity contribution in [1.29, 1.82) is 0 Å². The second-order valence-electron chi connectivity index (χ2n) is 5.05. The van der Waals surface area contributed by atoms with Gasteiger partial charge in [0.2, 0.25) is 0 Å². The molecule has 0 bridgehead atoms. The molecule has 0 aromatic heterocycles. The molecule has 2 unspecified atom stereocenters. The molecule has 0 spiro atoms. The molecule has 1 rings (SSSR count). The summed E-state index contributed by atoms with van der Waals surface area (Å²) in [6.07, 6.45) is 4.00. The average molecular weight is 184 g/mol. The van der Waals surface area contributed by atoms with Crippen LogP contribution in [0.2, 0.25) is 0 Å². The van der Waals surface area contributed by atoms with E-state index in [-0.39, 0.29) is 0 Å². The summed E-state index contributed by atoms with van der Waals surface area (Å²) in [5, 5.41) is 0. The number of hydrogen-bond donors (Lipinski definition) is 0. The molecule has 0 amide bonds. The van der Waals surface area contributed by atoms with Gasteiger partial charge in [0.25, 0.3) is 0 Å². The summed E-state index contributed by atoms with van der Waals surface area (Å²) >= 11 is 0. The van der Waals surface area contributed by atoms with E-state index in [1.165, 1.54) is 0 Å². The molecular formula is C11H20O2. The van der Waals surface area contributed by atoms with Crippen molar-refractivity contribution in [2.24, 2.45) is 11.3 Å². The molecule has 1 aliphatic rings. The molecule has 2 nitrogen and oxygen atoms in total. The summed E-state index contributed by atoms with van der Waals surface area (Å²) in [6.45, 7) is 6.63. The Labute approximate surface area is 80.7 Å². The molecule has 0 radical (unpaired) electrons. The zero-order valence-corrected chi connectivity index (χ0v) is 9.09. The third-order valence-corrected chi connectivity index (χ3v) is 3.46. The fourth-order valence-electron chi connectivity index (χ4n) is 2.41. The SMILES string of the molecule is COC1(C=O)CCC(C)(C)CC1C. The van der Waals surface area contributed by atoms with E-state index >= 15 is 0 Å². The molecule has 0 heterocycles. The fourth-order valence-corrected chi connectivity index (χ4v) is 2.41. The number of carbonyl (C=O) groups excluding carboxylic acids is 1. The standard InChI is InChI=1S/C11H20O2/c1-9-7-10(2,3)5-6-11(9,8-12)13-4/h8-9H,5-7H2,1-4H3. The van der Waals surface area contributed by atoms with Crippen molar-refractivity contribution in [1.82, 2.24) is 0 Å². The highest BCUT2D eigenvalue weighted by Gasteiger charge is 2.43. The Balaban J connectivity index is 2.77. The van der Waals surface area contributed by atoms with E-state index < -0.39 is 5.60 Å². The van der Waals surface area contributed by atoms with Crippen LogP contribution >= 0.6 is 0 Å². The number of rotatable bonds is 2. The van der Waals surface area contributed by atoms with Crippen LogP contribution in [0.1, 0.15) is 40.0 Å². The average Bonchev–Trinajstić information content (AvgIpc) is 2.05. The van der Waals surface area contributed by atoms with Crippen LogP contribution in [-0.2, 0) is 9.53 Å². The number of carbonyl (C=O) groups is 1. The van der Waals surface area contributed by atoms with Gasteiger partial charge in [-0.05, 0) is 30.6 Å². The maximum absolute atomic E-state index is 11.0. The van der Waals surface area contributed by atoms with Crippen LogP contribution in [0.3, 0.4) is 0 Å². The lowest BCUT2D eigenvalue weighted by atomic mass is 9.66. The Bertz CT molecular complexity index is 198. The minimum Gasteiger partial charge on any atom is -0.370 e. The zero-order chi connectivity index (χ0) is 10.1. The van der Waals surface area contributed by atoms with Crippen LogP contribution in [0, 0.1) is 11.3 Å². The molecule has 0 aromatic carbocycles. The Kier molecular flexibility index (Phi) is 2.81. The second-order valence-corrected chi connectivity index (χ2v) is 5.05. The minimum atomic E-state index is -0.504. The predicted molar refractivity (Wildman–Crippen MR) is 52.6 cm³/mol. The minimum absolute atomic E-state index is 0.332. The summed E-state index contributed by atoms with van der Waals surface area (Å²) in [5.41, 5.74) is -0.139. The van der Waals surface area contributed by atoms with Gasteiger partial charge in [-0.25, -0.2) is 0 Å². The molecule has 1 aliphatic carbocycles. The highest BCUT2D eigenvalue weighted by atomic mass is 16.5. The quantitative estimate of drug-likeness (QED) is 0.616. The topological polar surface area (TPSA) is 26.3 Å². The third kappa shape index (κ3) is 1.93. The van der Waals surface area contributed by atoms with Crippen LogP contribution < -0.4 is 0 Å². The molecule has 0 aliphatic heterocycles. The number of hydrogen-bond acceptors (Lipinski definition) is 2. The highest BCUT2D eigenvalue weighted by molar-refractivity contribution is 5.63. The molecule has 0 N–H and O–H groups in total. The predicted octanol–water partition coefficient (Wildman–Crippen LogP) is 2.42. The van der Waals surface area contributed by atoms with Gasteiger partial charge in [0.05, 0.1) is 0 Å². The molecule has 13 heavy (non-hydrogen) atoms. The van der Waals surface area contributed by atoms with Crippen molar-refractivity contribution in [2.75, 3.05) is 7.11 Å². The Morgan fingerprint density at radius 2 is 2.00 bits per heavy atom. The summed E-state index contributed by atoms with van der Waals surface area (Å²) < 4.78 is 5.37. The Morgan fingerprint density at radius 3 is 2.38 bits per heavy atom. The monoisotopic (exact) mass is 184 g/mol. The van der Waals surface area contributed by atoms with E-state index in [9.17, 15) is 4.79 Å². The van der Waals surface area contributed by atoms with E-state index in [4.69, 9.17) is 4.74 Å².